The first-order valence-electron chi connectivity index (χ1n) is 23.3. The molecule has 318 valence electrons. The van der Waals surface area contributed by atoms with Crippen molar-refractivity contribution >= 4 is 32.3 Å². The lowest BCUT2D eigenvalue weighted by Crippen LogP contribution is -2.02. The van der Waals surface area contributed by atoms with Crippen LogP contribution in [0, 0.1) is 20.8 Å². The van der Waals surface area contributed by atoms with Gasteiger partial charge in [-0.3, -0.25) is 0 Å². The largest absolute Gasteiger partial charge is 0.309 e. The van der Waals surface area contributed by atoms with E-state index in [9.17, 15) is 0 Å². The van der Waals surface area contributed by atoms with Gasteiger partial charge in [-0.25, -0.2) is 0 Å². The van der Waals surface area contributed by atoms with Gasteiger partial charge >= 0.3 is 0 Å². The van der Waals surface area contributed by atoms with Crippen LogP contribution in [0.2, 0.25) is 0 Å². The fraction of sp³-hybridized carbons (Fsp3) is 0.0462. The Balaban J connectivity index is 1.22. The molecule has 0 aliphatic carbocycles. The Hall–Kier alpha value is -8.46. The molecule has 12 rings (SSSR count). The molecule has 0 unspecified atom stereocenters. The van der Waals surface area contributed by atoms with Crippen LogP contribution in [0.4, 0.5) is 0 Å². The molecule has 0 bridgehead atoms. The van der Waals surface area contributed by atoms with Crippen LogP contribution in [0.15, 0.2) is 237 Å². The lowest BCUT2D eigenvalue weighted by molar-refractivity contribution is 1.10. The number of benzene rings is 10. The highest BCUT2D eigenvalue weighted by Crippen LogP contribution is 2.47. The second kappa shape index (κ2) is 16.5. The van der Waals surface area contributed by atoms with E-state index in [2.05, 4.69) is 266 Å². The van der Waals surface area contributed by atoms with Gasteiger partial charge in [-0.15, -0.1) is 0 Å². The Morgan fingerprint density at radius 2 is 0.627 bits per heavy atom. The predicted molar refractivity (Wildman–Crippen MR) is 284 cm³/mol. The molecular formula is C65H48N2. The van der Waals surface area contributed by atoms with E-state index in [1.165, 1.54) is 93.5 Å². The van der Waals surface area contributed by atoms with Crippen molar-refractivity contribution in [3.8, 4) is 78.7 Å². The highest BCUT2D eigenvalue weighted by molar-refractivity contribution is 6.22. The summed E-state index contributed by atoms with van der Waals surface area (Å²) in [5.74, 6) is 0. The van der Waals surface area contributed by atoms with Crippen LogP contribution in [0.3, 0.4) is 0 Å². The number of hydrogen-bond acceptors (Lipinski definition) is 0. The summed E-state index contributed by atoms with van der Waals surface area (Å²) in [5.41, 5.74) is 20.3. The van der Waals surface area contributed by atoms with E-state index in [1.807, 2.05) is 0 Å². The third-order valence-corrected chi connectivity index (χ3v) is 13.9. The van der Waals surface area contributed by atoms with E-state index in [0.29, 0.717) is 0 Å². The Labute approximate surface area is 392 Å². The highest BCUT2D eigenvalue weighted by atomic mass is 15.0. The van der Waals surface area contributed by atoms with E-state index in [1.54, 1.807) is 0 Å². The van der Waals surface area contributed by atoms with Gasteiger partial charge in [-0.05, 0) is 169 Å². The summed E-state index contributed by atoms with van der Waals surface area (Å²) in [6.45, 7) is 6.75. The minimum absolute atomic E-state index is 1.11. The number of fused-ring (bicyclic) bond motifs is 3. The molecule has 12 aromatic rings. The number of aromatic nitrogens is 2. The maximum atomic E-state index is 2.46. The summed E-state index contributed by atoms with van der Waals surface area (Å²) in [7, 11) is 0. The average Bonchev–Trinajstić information content (AvgIpc) is 4.04. The van der Waals surface area contributed by atoms with Gasteiger partial charge in [0.1, 0.15) is 0 Å². The molecule has 10 aromatic carbocycles. The van der Waals surface area contributed by atoms with Gasteiger partial charge in [-0.2, -0.15) is 0 Å². The van der Waals surface area contributed by atoms with Gasteiger partial charge in [0.15, 0.2) is 0 Å². The molecule has 0 amide bonds. The number of aryl methyl sites for hydroxylation is 2. The van der Waals surface area contributed by atoms with Gasteiger partial charge < -0.3 is 9.13 Å². The first kappa shape index (κ1) is 40.1. The molecule has 0 N–H and O–H groups in total. The fourth-order valence-corrected chi connectivity index (χ4v) is 10.4. The molecule has 2 heterocycles. The number of nitrogens with zero attached hydrogens (tertiary/aromatic N) is 2. The van der Waals surface area contributed by atoms with E-state index < -0.39 is 0 Å². The molecule has 0 fully saturated rings. The van der Waals surface area contributed by atoms with Gasteiger partial charge in [0, 0.05) is 11.4 Å². The first-order chi connectivity index (χ1) is 33.0. The van der Waals surface area contributed by atoms with Crippen molar-refractivity contribution in [1.29, 1.82) is 0 Å². The topological polar surface area (TPSA) is 9.86 Å². The Morgan fingerprint density at radius 3 is 1.04 bits per heavy atom. The molecular weight excluding hydrogens is 809 g/mol. The second-order valence-corrected chi connectivity index (χ2v) is 17.8. The molecule has 0 aliphatic rings. The normalized spacial score (nSPS) is 11.5. The summed E-state index contributed by atoms with van der Waals surface area (Å²) in [4.78, 5) is 0. The second-order valence-electron chi connectivity index (χ2n) is 17.8. The molecule has 0 atom stereocenters. The summed E-state index contributed by atoms with van der Waals surface area (Å²) >= 11 is 0. The molecule has 0 saturated heterocycles. The van der Waals surface area contributed by atoms with Crippen molar-refractivity contribution < 1.29 is 0 Å². The van der Waals surface area contributed by atoms with Gasteiger partial charge in [0.2, 0.25) is 0 Å². The van der Waals surface area contributed by atoms with Crippen molar-refractivity contribution in [3.63, 3.8) is 0 Å². The van der Waals surface area contributed by atoms with E-state index in [4.69, 9.17) is 0 Å². The first-order valence-corrected chi connectivity index (χ1v) is 23.3. The Bertz CT molecular complexity index is 3660. The van der Waals surface area contributed by atoms with Crippen molar-refractivity contribution in [2.75, 3.05) is 0 Å². The number of hydrogen-bond donors (Lipinski definition) is 0. The van der Waals surface area contributed by atoms with Gasteiger partial charge in [0.05, 0.1) is 22.8 Å². The molecule has 2 heteroatoms. The lowest BCUT2D eigenvalue weighted by Gasteiger charge is -2.22. The Kier molecular flexibility index (Phi) is 9.88. The van der Waals surface area contributed by atoms with Crippen LogP contribution in [0.25, 0.3) is 111 Å². The zero-order chi connectivity index (χ0) is 45.0. The van der Waals surface area contributed by atoms with Crippen LogP contribution in [0.1, 0.15) is 16.7 Å². The van der Waals surface area contributed by atoms with Crippen LogP contribution < -0.4 is 0 Å². The molecule has 0 radical (unpaired) electrons. The fourth-order valence-electron chi connectivity index (χ4n) is 10.4. The van der Waals surface area contributed by atoms with Crippen LogP contribution >= 0.6 is 0 Å². The van der Waals surface area contributed by atoms with Crippen LogP contribution in [-0.4, -0.2) is 9.13 Å². The molecule has 0 spiro atoms. The standard InChI is InChI=1S/C65H48N2/c1-43-38-53(39-44(2)45(43)3)65-57-33-31-54(66-60(47-19-8-4-9-20-47)34-35-61(66)48-21-10-5-11-22-48)41-58(57)64(52-29-28-46-18-16-17-27-51(46)40-52)56-32-30-55(42-59(56)65)67-62(49-23-12-6-13-24-49)36-37-63(67)50-25-14-7-15-26-50/h4-42H,1-3H3. The quantitative estimate of drug-likeness (QED) is 0.135. The minimum Gasteiger partial charge on any atom is -0.309 e. The highest BCUT2D eigenvalue weighted by Gasteiger charge is 2.23. The van der Waals surface area contributed by atoms with Crippen molar-refractivity contribution in [3.05, 3.63) is 253 Å². The smallest absolute Gasteiger partial charge is 0.0535 e. The van der Waals surface area contributed by atoms with Crippen molar-refractivity contribution in [1.82, 2.24) is 9.13 Å². The van der Waals surface area contributed by atoms with E-state index in [-0.39, 0.29) is 0 Å². The predicted octanol–water partition coefficient (Wildman–Crippen LogP) is 17.7. The average molecular weight is 857 g/mol. The summed E-state index contributed by atoms with van der Waals surface area (Å²) in [6, 6.07) is 87.1. The van der Waals surface area contributed by atoms with Gasteiger partial charge in [-0.1, -0.05) is 182 Å². The molecule has 2 nitrogen and oxygen atoms in total. The summed E-state index contributed by atoms with van der Waals surface area (Å²) < 4.78 is 4.90. The van der Waals surface area contributed by atoms with Crippen LogP contribution in [-0.2, 0) is 0 Å². The van der Waals surface area contributed by atoms with Gasteiger partial charge in [0.25, 0.3) is 0 Å². The maximum Gasteiger partial charge on any atom is 0.0535 e. The maximum absolute atomic E-state index is 2.46. The summed E-state index contributed by atoms with van der Waals surface area (Å²) in [5, 5.41) is 7.30. The van der Waals surface area contributed by atoms with E-state index >= 15 is 0 Å². The zero-order valence-corrected chi connectivity index (χ0v) is 37.9. The Morgan fingerprint density at radius 1 is 0.254 bits per heavy atom. The lowest BCUT2D eigenvalue weighted by atomic mass is 9.84. The van der Waals surface area contributed by atoms with Crippen molar-refractivity contribution in [2.45, 2.75) is 20.8 Å². The minimum atomic E-state index is 1.11. The molecule has 67 heavy (non-hydrogen) atoms. The SMILES string of the molecule is Cc1cc(-c2c3ccc(-n4c(-c5ccccc5)ccc4-c4ccccc4)cc3c(-c3ccc4ccccc4c3)c3ccc(-n4c(-c5ccccc5)ccc4-c4ccccc4)cc23)cc(C)c1C. The molecule has 2 aromatic heterocycles. The molecule has 0 saturated carbocycles. The monoisotopic (exact) mass is 856 g/mol. The van der Waals surface area contributed by atoms with Crippen LogP contribution in [0.5, 0.6) is 0 Å². The number of rotatable bonds is 8. The van der Waals surface area contributed by atoms with Crippen molar-refractivity contribution in [2.24, 2.45) is 0 Å². The zero-order valence-electron chi connectivity index (χ0n) is 37.9. The third-order valence-electron chi connectivity index (χ3n) is 13.9. The molecule has 0 aliphatic heterocycles. The summed E-state index contributed by atoms with van der Waals surface area (Å²) in [6.07, 6.45) is 0. The van der Waals surface area contributed by atoms with E-state index in [0.717, 1.165) is 34.2 Å². The third kappa shape index (κ3) is 6.97.